The molecule has 1 amide bonds. The number of carbonyl (C=O) groups is 1. The van der Waals surface area contributed by atoms with Gasteiger partial charge in [-0.3, -0.25) is 14.6 Å². The van der Waals surface area contributed by atoms with Crippen molar-refractivity contribution in [2.24, 2.45) is 0 Å². The molecule has 1 heterocycles. The molecule has 1 aromatic carbocycles. The van der Waals surface area contributed by atoms with Gasteiger partial charge in [-0.05, 0) is 24.6 Å². The van der Waals surface area contributed by atoms with E-state index in [0.717, 1.165) is 18.2 Å². The molecular weight excluding hydrogens is 325 g/mol. The van der Waals surface area contributed by atoms with Gasteiger partial charge in [0, 0.05) is 13.1 Å². The number of halogens is 3. The van der Waals surface area contributed by atoms with Crippen molar-refractivity contribution in [2.45, 2.75) is 19.1 Å². The molecule has 0 aliphatic rings. The molecule has 6 nitrogen and oxygen atoms in total. The molecule has 0 saturated carbocycles. The van der Waals surface area contributed by atoms with Crippen LogP contribution in [0.5, 0.6) is 0 Å². The number of nitrogens with one attached hydrogen (secondary N) is 3. The fraction of sp³-hybridized carbons (Fsp3) is 0.267. The van der Waals surface area contributed by atoms with Crippen molar-refractivity contribution in [1.82, 2.24) is 15.3 Å². The Bertz CT molecular complexity index is 785. The third-order valence-corrected chi connectivity index (χ3v) is 3.30. The lowest BCUT2D eigenvalue weighted by molar-refractivity contribution is -0.137. The minimum absolute atomic E-state index is 0.0955. The zero-order valence-electron chi connectivity index (χ0n) is 12.9. The van der Waals surface area contributed by atoms with Gasteiger partial charge in [0.25, 0.3) is 11.5 Å². The molecule has 1 atom stereocenters. The van der Waals surface area contributed by atoms with Gasteiger partial charge >= 0.3 is 6.18 Å². The highest BCUT2D eigenvalue weighted by Gasteiger charge is 2.30. The number of rotatable bonds is 4. The average molecular weight is 340 g/mol. The number of H-pyrrole nitrogens is 1. The van der Waals surface area contributed by atoms with Crippen molar-refractivity contribution in [3.05, 3.63) is 57.5 Å². The van der Waals surface area contributed by atoms with E-state index in [-0.39, 0.29) is 11.6 Å². The van der Waals surface area contributed by atoms with Crippen molar-refractivity contribution >= 4 is 11.9 Å². The second-order valence-electron chi connectivity index (χ2n) is 5.04. The zero-order chi connectivity index (χ0) is 17.9. The number of benzene rings is 1. The number of nitrogens with zero attached hydrogens (tertiary/aromatic N) is 1. The molecule has 2 aromatic rings. The standard InChI is InChI=1S/C15H15F3N4O2/c1-8(9-3-5-10(6-4-9)15(16,17)18)20-13(24)11-7-12(23)22-14(19-2)21-11/h3-8H,1-2H3,(H,20,24)(H2,19,21,22,23)/t8-/m1/s1. The first-order chi connectivity index (χ1) is 11.2. The number of carbonyl (C=O) groups excluding carboxylic acids is 1. The van der Waals surface area contributed by atoms with Crippen molar-refractivity contribution in [3.8, 4) is 0 Å². The number of anilines is 1. The maximum absolute atomic E-state index is 12.5. The maximum Gasteiger partial charge on any atom is 0.416 e. The number of hydrogen-bond donors (Lipinski definition) is 3. The van der Waals surface area contributed by atoms with Crippen molar-refractivity contribution in [2.75, 3.05) is 12.4 Å². The zero-order valence-corrected chi connectivity index (χ0v) is 12.9. The van der Waals surface area contributed by atoms with E-state index in [9.17, 15) is 22.8 Å². The predicted octanol–water partition coefficient (Wildman–Crippen LogP) is 2.32. The van der Waals surface area contributed by atoms with Gasteiger partial charge in [0.15, 0.2) is 0 Å². The lowest BCUT2D eigenvalue weighted by Crippen LogP contribution is -2.29. The van der Waals surface area contributed by atoms with Crippen LogP contribution in [0.25, 0.3) is 0 Å². The number of hydrogen-bond acceptors (Lipinski definition) is 4. The molecule has 24 heavy (non-hydrogen) atoms. The van der Waals surface area contributed by atoms with Crippen molar-refractivity contribution in [1.29, 1.82) is 0 Å². The fourth-order valence-electron chi connectivity index (χ4n) is 2.01. The maximum atomic E-state index is 12.5. The van der Waals surface area contributed by atoms with E-state index in [2.05, 4.69) is 20.6 Å². The smallest absolute Gasteiger partial charge is 0.359 e. The monoisotopic (exact) mass is 340 g/mol. The molecule has 0 bridgehead atoms. The third kappa shape index (κ3) is 4.12. The van der Waals surface area contributed by atoms with Crippen molar-refractivity contribution in [3.63, 3.8) is 0 Å². The fourth-order valence-corrected chi connectivity index (χ4v) is 2.01. The summed E-state index contributed by atoms with van der Waals surface area (Å²) in [4.78, 5) is 29.9. The molecular formula is C15H15F3N4O2. The van der Waals surface area contributed by atoms with Gasteiger partial charge in [-0.25, -0.2) is 4.98 Å². The Kier molecular flexibility index (Phi) is 4.91. The third-order valence-electron chi connectivity index (χ3n) is 3.30. The second kappa shape index (κ2) is 6.73. The summed E-state index contributed by atoms with van der Waals surface area (Å²) < 4.78 is 37.6. The minimum Gasteiger partial charge on any atom is -0.359 e. The highest BCUT2D eigenvalue weighted by atomic mass is 19.4. The van der Waals surface area contributed by atoms with Crippen LogP contribution >= 0.6 is 0 Å². The quantitative estimate of drug-likeness (QED) is 0.797. The lowest BCUT2D eigenvalue weighted by Gasteiger charge is -2.15. The molecule has 0 saturated heterocycles. The van der Waals surface area contributed by atoms with Gasteiger partial charge in [-0.1, -0.05) is 12.1 Å². The summed E-state index contributed by atoms with van der Waals surface area (Å²) in [5.74, 6) is -0.472. The Morgan fingerprint density at radius 2 is 1.88 bits per heavy atom. The summed E-state index contributed by atoms with van der Waals surface area (Å²) in [7, 11) is 1.53. The van der Waals surface area contributed by atoms with Crippen LogP contribution in [0.15, 0.2) is 35.1 Å². The summed E-state index contributed by atoms with van der Waals surface area (Å²) >= 11 is 0. The van der Waals surface area contributed by atoms with E-state index in [1.165, 1.54) is 19.2 Å². The number of aromatic amines is 1. The van der Waals surface area contributed by atoms with Crippen LogP contribution in [0.2, 0.25) is 0 Å². The molecule has 2 rings (SSSR count). The van der Waals surface area contributed by atoms with Crippen LogP contribution in [-0.4, -0.2) is 22.9 Å². The van der Waals surface area contributed by atoms with E-state index < -0.39 is 29.2 Å². The second-order valence-corrected chi connectivity index (χ2v) is 5.04. The van der Waals surface area contributed by atoms with Crippen LogP contribution in [0, 0.1) is 0 Å². The van der Waals surface area contributed by atoms with Gasteiger partial charge in [0.2, 0.25) is 5.95 Å². The first-order valence-electron chi connectivity index (χ1n) is 6.98. The van der Waals surface area contributed by atoms with Gasteiger partial charge in [-0.2, -0.15) is 13.2 Å². The molecule has 0 unspecified atom stereocenters. The average Bonchev–Trinajstić information content (AvgIpc) is 2.53. The normalized spacial score (nSPS) is 12.5. The van der Waals surface area contributed by atoms with E-state index in [1.807, 2.05) is 0 Å². The SMILES string of the molecule is CNc1nc(C(=O)N[C@H](C)c2ccc(C(F)(F)F)cc2)cc(=O)[nH]1. The van der Waals surface area contributed by atoms with Crippen LogP contribution in [0.4, 0.5) is 19.1 Å². The predicted molar refractivity (Wildman–Crippen MR) is 81.7 cm³/mol. The topological polar surface area (TPSA) is 86.9 Å². The Labute approximate surface area is 135 Å². The molecule has 0 radical (unpaired) electrons. The number of alkyl halides is 3. The first kappa shape index (κ1) is 17.5. The minimum atomic E-state index is -4.41. The van der Waals surface area contributed by atoms with Crippen LogP contribution in [0.3, 0.4) is 0 Å². The van der Waals surface area contributed by atoms with Gasteiger partial charge < -0.3 is 10.6 Å². The molecule has 128 valence electrons. The first-order valence-corrected chi connectivity index (χ1v) is 6.98. The Morgan fingerprint density at radius 3 is 2.42 bits per heavy atom. The van der Waals surface area contributed by atoms with Gasteiger partial charge in [0.05, 0.1) is 11.6 Å². The van der Waals surface area contributed by atoms with Crippen LogP contribution in [-0.2, 0) is 6.18 Å². The summed E-state index contributed by atoms with van der Waals surface area (Å²) in [5, 5.41) is 5.20. The summed E-state index contributed by atoms with van der Waals surface area (Å²) in [6, 6.07) is 4.95. The highest BCUT2D eigenvalue weighted by Crippen LogP contribution is 2.29. The van der Waals surface area contributed by atoms with Crippen LogP contribution < -0.4 is 16.2 Å². The summed E-state index contributed by atoms with van der Waals surface area (Å²) in [6.07, 6.45) is -4.41. The molecule has 0 aliphatic carbocycles. The summed E-state index contributed by atoms with van der Waals surface area (Å²) in [5.41, 5.74) is -0.863. The molecule has 0 fully saturated rings. The largest absolute Gasteiger partial charge is 0.416 e. The number of amides is 1. The Balaban J connectivity index is 2.14. The molecule has 9 heteroatoms. The molecule has 0 spiro atoms. The van der Waals surface area contributed by atoms with E-state index in [1.54, 1.807) is 6.92 Å². The Hall–Kier alpha value is -2.84. The van der Waals surface area contributed by atoms with Crippen molar-refractivity contribution < 1.29 is 18.0 Å². The van der Waals surface area contributed by atoms with E-state index >= 15 is 0 Å². The number of aromatic nitrogens is 2. The van der Waals surface area contributed by atoms with Crippen LogP contribution in [0.1, 0.15) is 34.6 Å². The van der Waals surface area contributed by atoms with E-state index in [4.69, 9.17) is 0 Å². The Morgan fingerprint density at radius 1 is 1.25 bits per heavy atom. The molecule has 3 N–H and O–H groups in total. The van der Waals surface area contributed by atoms with E-state index in [0.29, 0.717) is 5.56 Å². The highest BCUT2D eigenvalue weighted by molar-refractivity contribution is 5.92. The van der Waals surface area contributed by atoms with Gasteiger partial charge in [0.1, 0.15) is 5.69 Å². The van der Waals surface area contributed by atoms with Gasteiger partial charge in [-0.15, -0.1) is 0 Å². The lowest BCUT2D eigenvalue weighted by atomic mass is 10.1. The summed E-state index contributed by atoms with van der Waals surface area (Å²) in [6.45, 7) is 1.62. The molecule has 0 aliphatic heterocycles. The molecule has 1 aromatic heterocycles.